The molecular weight excluding hydrogens is 330 g/mol. The molecule has 5 heteroatoms. The normalized spacial score (nSPS) is 25.9. The van der Waals surface area contributed by atoms with Crippen LogP contribution < -0.4 is 9.47 Å². The van der Waals surface area contributed by atoms with Crippen LogP contribution in [0.4, 0.5) is 0 Å². The maximum Gasteiger partial charge on any atom is 0.308 e. The number of carbonyl (C=O) groups is 1. The van der Waals surface area contributed by atoms with Gasteiger partial charge in [-0.3, -0.25) is 9.79 Å². The number of carbonyl (C=O) groups excluding carboxylic acids is 1. The molecule has 0 aromatic heterocycles. The first kappa shape index (κ1) is 18.7. The molecule has 0 atom stereocenters. The molecule has 1 aromatic rings. The smallest absolute Gasteiger partial charge is 0.308 e. The number of ether oxygens (including phenoxy) is 3. The molecule has 0 heterocycles. The lowest BCUT2D eigenvalue weighted by Crippen LogP contribution is -2.36. The number of methoxy groups -OCH3 is 2. The summed E-state index contributed by atoms with van der Waals surface area (Å²) >= 11 is 0. The van der Waals surface area contributed by atoms with Crippen LogP contribution in [0.1, 0.15) is 44.1 Å². The van der Waals surface area contributed by atoms with Crippen molar-refractivity contribution in [3.63, 3.8) is 0 Å². The van der Waals surface area contributed by atoms with Crippen LogP contribution in [0, 0.1) is 11.8 Å². The Morgan fingerprint density at radius 1 is 1.19 bits per heavy atom. The Kier molecular flexibility index (Phi) is 5.84. The first-order valence-electron chi connectivity index (χ1n) is 9.44. The fourth-order valence-electron chi connectivity index (χ4n) is 3.87. The highest BCUT2D eigenvalue weighted by molar-refractivity contribution is 5.77. The average molecular weight is 359 g/mol. The van der Waals surface area contributed by atoms with E-state index >= 15 is 0 Å². The second-order valence-electron chi connectivity index (χ2n) is 7.46. The standard InChI is InChI=1S/C21H29NO4/c1-22-14-21(10-8-16(9-11-21)20(23)25-3)17-6-7-18(24-2)19(12-17)26-13-15-4-5-15/h6-7,12,14-16H,4-5,8-11,13H2,1-3H3. The Hall–Kier alpha value is -2.04. The van der Waals surface area contributed by atoms with E-state index in [2.05, 4.69) is 17.1 Å². The molecule has 142 valence electrons. The number of benzene rings is 1. The van der Waals surface area contributed by atoms with Crippen molar-refractivity contribution in [3.05, 3.63) is 23.8 Å². The van der Waals surface area contributed by atoms with E-state index < -0.39 is 0 Å². The minimum Gasteiger partial charge on any atom is -0.493 e. The van der Waals surface area contributed by atoms with Gasteiger partial charge in [0.2, 0.25) is 0 Å². The van der Waals surface area contributed by atoms with Crippen molar-refractivity contribution in [2.24, 2.45) is 16.8 Å². The molecule has 0 radical (unpaired) electrons. The highest BCUT2D eigenvalue weighted by Gasteiger charge is 2.38. The lowest BCUT2D eigenvalue weighted by atomic mass is 9.67. The van der Waals surface area contributed by atoms with Gasteiger partial charge in [-0.15, -0.1) is 0 Å². The number of esters is 1. The van der Waals surface area contributed by atoms with Gasteiger partial charge in [0.1, 0.15) is 0 Å². The largest absolute Gasteiger partial charge is 0.493 e. The summed E-state index contributed by atoms with van der Waals surface area (Å²) < 4.78 is 16.4. The summed E-state index contributed by atoms with van der Waals surface area (Å²) in [5, 5.41) is 0. The third-order valence-corrected chi connectivity index (χ3v) is 5.70. The molecule has 0 aliphatic heterocycles. The molecule has 26 heavy (non-hydrogen) atoms. The number of hydrogen-bond acceptors (Lipinski definition) is 5. The van der Waals surface area contributed by atoms with Crippen LogP contribution in [-0.2, 0) is 14.9 Å². The highest BCUT2D eigenvalue weighted by atomic mass is 16.5. The summed E-state index contributed by atoms with van der Waals surface area (Å²) in [6.07, 6.45) is 7.91. The van der Waals surface area contributed by atoms with Crippen molar-refractivity contribution >= 4 is 12.2 Å². The van der Waals surface area contributed by atoms with Gasteiger partial charge in [0.05, 0.1) is 26.7 Å². The fraction of sp³-hybridized carbons (Fsp3) is 0.619. The minimum absolute atomic E-state index is 0.0118. The lowest BCUT2D eigenvalue weighted by molar-refractivity contribution is -0.146. The van der Waals surface area contributed by atoms with Crippen LogP contribution in [0.25, 0.3) is 0 Å². The molecule has 2 saturated carbocycles. The molecule has 1 aromatic carbocycles. The summed E-state index contributed by atoms with van der Waals surface area (Å²) in [6.45, 7) is 0.749. The van der Waals surface area contributed by atoms with Gasteiger partial charge in [-0.1, -0.05) is 6.07 Å². The van der Waals surface area contributed by atoms with Gasteiger partial charge in [-0.2, -0.15) is 0 Å². The zero-order valence-corrected chi connectivity index (χ0v) is 16.0. The van der Waals surface area contributed by atoms with Crippen LogP contribution in [0.5, 0.6) is 11.5 Å². The zero-order valence-electron chi connectivity index (χ0n) is 16.0. The topological polar surface area (TPSA) is 57.1 Å². The van der Waals surface area contributed by atoms with Crippen molar-refractivity contribution in [1.29, 1.82) is 0 Å². The second-order valence-corrected chi connectivity index (χ2v) is 7.46. The Labute approximate surface area is 155 Å². The van der Waals surface area contributed by atoms with E-state index in [1.807, 2.05) is 19.3 Å². The van der Waals surface area contributed by atoms with Gasteiger partial charge >= 0.3 is 5.97 Å². The predicted molar refractivity (Wildman–Crippen MR) is 101 cm³/mol. The summed E-state index contributed by atoms with van der Waals surface area (Å²) in [7, 11) is 4.94. The molecule has 2 aliphatic carbocycles. The number of nitrogens with zero attached hydrogens (tertiary/aromatic N) is 1. The lowest BCUT2D eigenvalue weighted by Gasteiger charge is -2.37. The Balaban J connectivity index is 1.83. The van der Waals surface area contributed by atoms with Gasteiger partial charge in [-0.25, -0.2) is 0 Å². The molecule has 0 unspecified atom stereocenters. The molecule has 2 fully saturated rings. The molecular formula is C21H29NO4. The first-order valence-corrected chi connectivity index (χ1v) is 9.44. The number of aliphatic imine (C=N–C) groups is 1. The summed E-state index contributed by atoms with van der Waals surface area (Å²) in [5.41, 5.74) is 1.02. The SMILES string of the molecule is CN=CC1(c2ccc(OC)c(OCC3CC3)c2)CCC(C(=O)OC)CC1. The van der Waals surface area contributed by atoms with Gasteiger partial charge in [0.25, 0.3) is 0 Å². The molecule has 0 amide bonds. The van der Waals surface area contributed by atoms with Crippen molar-refractivity contribution < 1.29 is 19.0 Å². The molecule has 2 aliphatic rings. The van der Waals surface area contributed by atoms with Crippen molar-refractivity contribution in [3.8, 4) is 11.5 Å². The van der Waals surface area contributed by atoms with E-state index in [1.54, 1.807) is 7.11 Å². The summed E-state index contributed by atoms with van der Waals surface area (Å²) in [5.74, 6) is 2.14. The van der Waals surface area contributed by atoms with E-state index in [4.69, 9.17) is 14.2 Å². The quantitative estimate of drug-likeness (QED) is 0.549. The third kappa shape index (κ3) is 4.02. The highest BCUT2D eigenvalue weighted by Crippen LogP contribution is 2.43. The molecule has 0 N–H and O–H groups in total. The Bertz CT molecular complexity index is 658. The first-order chi connectivity index (χ1) is 12.6. The van der Waals surface area contributed by atoms with Crippen molar-refractivity contribution in [1.82, 2.24) is 0 Å². The monoisotopic (exact) mass is 359 g/mol. The molecule has 5 nitrogen and oxygen atoms in total. The summed E-state index contributed by atoms with van der Waals surface area (Å²) in [4.78, 5) is 16.2. The van der Waals surface area contributed by atoms with E-state index in [0.717, 1.165) is 43.8 Å². The van der Waals surface area contributed by atoms with Crippen LogP contribution >= 0.6 is 0 Å². The van der Waals surface area contributed by atoms with Crippen LogP contribution in [-0.4, -0.2) is 40.1 Å². The van der Waals surface area contributed by atoms with Crippen molar-refractivity contribution in [2.45, 2.75) is 43.9 Å². The van der Waals surface area contributed by atoms with Crippen molar-refractivity contribution in [2.75, 3.05) is 27.9 Å². The van der Waals surface area contributed by atoms with E-state index in [9.17, 15) is 4.79 Å². The maximum atomic E-state index is 11.9. The Morgan fingerprint density at radius 3 is 2.50 bits per heavy atom. The predicted octanol–water partition coefficient (Wildman–Crippen LogP) is 3.79. The van der Waals surface area contributed by atoms with Crippen LogP contribution in [0.3, 0.4) is 0 Å². The number of rotatable bonds is 7. The van der Waals surface area contributed by atoms with Crippen LogP contribution in [0.2, 0.25) is 0 Å². The fourth-order valence-corrected chi connectivity index (χ4v) is 3.87. The van der Waals surface area contributed by atoms with Gasteiger partial charge in [0.15, 0.2) is 11.5 Å². The third-order valence-electron chi connectivity index (χ3n) is 5.70. The molecule has 0 saturated heterocycles. The average Bonchev–Trinajstić information content (AvgIpc) is 3.50. The molecule has 3 rings (SSSR count). The maximum absolute atomic E-state index is 11.9. The second kappa shape index (κ2) is 8.11. The van der Waals surface area contributed by atoms with Gasteiger partial charge in [0, 0.05) is 18.7 Å². The molecule has 0 spiro atoms. The summed E-state index contributed by atoms with van der Waals surface area (Å²) in [6, 6.07) is 6.18. The number of hydrogen-bond donors (Lipinski definition) is 0. The Morgan fingerprint density at radius 2 is 1.92 bits per heavy atom. The zero-order chi connectivity index (χ0) is 18.6. The van der Waals surface area contributed by atoms with E-state index in [0.29, 0.717) is 5.92 Å². The van der Waals surface area contributed by atoms with Crippen LogP contribution in [0.15, 0.2) is 23.2 Å². The molecule has 0 bridgehead atoms. The van der Waals surface area contributed by atoms with E-state index in [-0.39, 0.29) is 17.3 Å². The van der Waals surface area contributed by atoms with E-state index in [1.165, 1.54) is 25.5 Å². The minimum atomic E-state index is -0.163. The van der Waals surface area contributed by atoms with Gasteiger partial charge < -0.3 is 14.2 Å². The van der Waals surface area contributed by atoms with Gasteiger partial charge in [-0.05, 0) is 62.1 Å².